The van der Waals surface area contributed by atoms with Gasteiger partial charge in [0.25, 0.3) is 5.78 Å². The molecule has 0 aliphatic rings. The maximum Gasteiger partial charge on any atom is 0.308 e. The van der Waals surface area contributed by atoms with Crippen molar-refractivity contribution in [3.63, 3.8) is 0 Å². The molecule has 0 fully saturated rings. The number of fused-ring (bicyclic) bond motifs is 3. The quantitative estimate of drug-likeness (QED) is 0.680. The summed E-state index contributed by atoms with van der Waals surface area (Å²) in [5.41, 5.74) is 1.49. The zero-order chi connectivity index (χ0) is 15.0. The lowest BCUT2D eigenvalue weighted by molar-refractivity contribution is -0.0477. The van der Waals surface area contributed by atoms with Crippen molar-refractivity contribution in [2.75, 3.05) is 13.2 Å². The second-order valence-electron chi connectivity index (χ2n) is 4.82. The molecule has 0 aliphatic heterocycles. The molecule has 5 nitrogen and oxygen atoms in total. The highest BCUT2D eigenvalue weighted by Crippen LogP contribution is 2.31. The summed E-state index contributed by atoms with van der Waals surface area (Å²) in [4.78, 5) is 8.28. The molecule has 0 N–H and O–H groups in total. The highest BCUT2D eigenvalue weighted by atomic mass is 19.3. The molecule has 2 aromatic heterocycles. The van der Waals surface area contributed by atoms with Gasteiger partial charge in [0.05, 0.1) is 17.6 Å². The van der Waals surface area contributed by atoms with Gasteiger partial charge in [-0.2, -0.15) is 13.8 Å². The summed E-state index contributed by atoms with van der Waals surface area (Å²) in [5.74, 6) is -3.06. The molecule has 112 valence electrons. The Kier molecular flexibility index (Phi) is 3.36. The van der Waals surface area contributed by atoms with Crippen molar-refractivity contribution in [2.24, 2.45) is 7.05 Å². The fraction of sp³-hybridized carbons (Fsp3) is 0.429. The van der Waals surface area contributed by atoms with E-state index in [0.717, 1.165) is 11.0 Å². The number of nitrogens with zero attached hydrogens (tertiary/aromatic N) is 4. The summed E-state index contributed by atoms with van der Waals surface area (Å²) in [5, 5.41) is 0. The second kappa shape index (κ2) is 5.07. The Bertz CT molecular complexity index is 778. The molecule has 3 aromatic rings. The number of hydrogen-bond donors (Lipinski definition) is 0. The van der Waals surface area contributed by atoms with Gasteiger partial charge in [0.1, 0.15) is 0 Å². The topological polar surface area (TPSA) is 44.4 Å². The molecule has 0 saturated carbocycles. The normalized spacial score (nSPS) is 12.6. The van der Waals surface area contributed by atoms with Crippen molar-refractivity contribution in [3.05, 3.63) is 30.1 Å². The van der Waals surface area contributed by atoms with Crippen LogP contribution in [0.15, 0.2) is 24.3 Å². The SMILES string of the molecule is CCOCCC(F)(F)c1nc2nc3ccccc3n2n1C. The van der Waals surface area contributed by atoms with Gasteiger partial charge < -0.3 is 4.74 Å². The summed E-state index contributed by atoms with van der Waals surface area (Å²) in [7, 11) is 1.57. The molecule has 3 rings (SSSR count). The van der Waals surface area contributed by atoms with Gasteiger partial charge in [0.15, 0.2) is 5.82 Å². The third-order valence-electron chi connectivity index (χ3n) is 3.42. The monoisotopic (exact) mass is 294 g/mol. The van der Waals surface area contributed by atoms with Crippen LogP contribution in [0.3, 0.4) is 0 Å². The molecule has 0 aliphatic carbocycles. The fourth-order valence-electron chi connectivity index (χ4n) is 2.41. The third kappa shape index (κ3) is 2.27. The number of imidazole rings is 1. The van der Waals surface area contributed by atoms with E-state index in [4.69, 9.17) is 4.74 Å². The van der Waals surface area contributed by atoms with Gasteiger partial charge in [-0.3, -0.25) is 4.68 Å². The van der Waals surface area contributed by atoms with Crippen LogP contribution in [0, 0.1) is 0 Å². The maximum atomic E-state index is 14.3. The van der Waals surface area contributed by atoms with Gasteiger partial charge in [0.2, 0.25) is 0 Å². The molecule has 1 aromatic carbocycles. The Morgan fingerprint density at radius 2 is 2.00 bits per heavy atom. The van der Waals surface area contributed by atoms with Crippen molar-refractivity contribution in [3.8, 4) is 0 Å². The predicted octanol–water partition coefficient (Wildman–Crippen LogP) is 2.74. The first-order valence-corrected chi connectivity index (χ1v) is 6.81. The average molecular weight is 294 g/mol. The van der Waals surface area contributed by atoms with Crippen LogP contribution in [0.1, 0.15) is 19.2 Å². The van der Waals surface area contributed by atoms with Crippen LogP contribution in [0.5, 0.6) is 0 Å². The number of aromatic nitrogens is 4. The fourth-order valence-corrected chi connectivity index (χ4v) is 2.41. The van der Waals surface area contributed by atoms with Crippen LogP contribution >= 0.6 is 0 Å². The van der Waals surface area contributed by atoms with Crippen LogP contribution in [-0.4, -0.2) is 32.4 Å². The third-order valence-corrected chi connectivity index (χ3v) is 3.42. The van der Waals surface area contributed by atoms with Crippen molar-refractivity contribution >= 4 is 16.8 Å². The predicted molar refractivity (Wildman–Crippen MR) is 74.5 cm³/mol. The van der Waals surface area contributed by atoms with Crippen molar-refractivity contribution < 1.29 is 13.5 Å². The molecule has 0 radical (unpaired) electrons. The highest BCUT2D eigenvalue weighted by Gasteiger charge is 2.37. The first-order valence-electron chi connectivity index (χ1n) is 6.81. The smallest absolute Gasteiger partial charge is 0.308 e. The number of hydrogen-bond acceptors (Lipinski definition) is 3. The van der Waals surface area contributed by atoms with Gasteiger partial charge in [-0.05, 0) is 19.1 Å². The van der Waals surface area contributed by atoms with Gasteiger partial charge >= 0.3 is 5.92 Å². The zero-order valence-corrected chi connectivity index (χ0v) is 11.9. The number of halogens is 2. The first kappa shape index (κ1) is 13.9. The van der Waals surface area contributed by atoms with E-state index in [-0.39, 0.29) is 18.2 Å². The molecule has 0 bridgehead atoms. The zero-order valence-electron chi connectivity index (χ0n) is 11.9. The maximum absolute atomic E-state index is 14.3. The number of rotatable bonds is 5. The van der Waals surface area contributed by atoms with Crippen LogP contribution in [-0.2, 0) is 17.7 Å². The summed E-state index contributed by atoms with van der Waals surface area (Å²) >= 11 is 0. The second-order valence-corrected chi connectivity index (χ2v) is 4.82. The van der Waals surface area contributed by atoms with Crippen molar-refractivity contribution in [1.29, 1.82) is 0 Å². The number of aryl methyl sites for hydroxylation is 1. The van der Waals surface area contributed by atoms with E-state index < -0.39 is 12.3 Å². The minimum atomic E-state index is -3.05. The van der Waals surface area contributed by atoms with E-state index in [1.165, 1.54) is 4.68 Å². The molecule has 21 heavy (non-hydrogen) atoms. The van der Waals surface area contributed by atoms with Crippen molar-refractivity contribution in [2.45, 2.75) is 19.3 Å². The van der Waals surface area contributed by atoms with Crippen LogP contribution in [0.25, 0.3) is 16.8 Å². The molecule has 0 saturated heterocycles. The minimum Gasteiger partial charge on any atom is -0.381 e. The van der Waals surface area contributed by atoms with Crippen LogP contribution in [0.2, 0.25) is 0 Å². The Hall–Kier alpha value is -2.02. The Morgan fingerprint density at radius 3 is 2.76 bits per heavy atom. The Labute approximate surface area is 120 Å². The summed E-state index contributed by atoms with van der Waals surface area (Å²) in [6.45, 7) is 2.20. The molecule has 7 heteroatoms. The number of para-hydroxylation sites is 2. The molecule has 0 amide bonds. The Balaban J connectivity index is 2.05. The van der Waals surface area contributed by atoms with Crippen LogP contribution < -0.4 is 0 Å². The lowest BCUT2D eigenvalue weighted by Crippen LogP contribution is -2.22. The molecule has 0 spiro atoms. The van der Waals surface area contributed by atoms with Crippen molar-refractivity contribution in [1.82, 2.24) is 19.2 Å². The average Bonchev–Trinajstić information content (AvgIpc) is 2.96. The van der Waals surface area contributed by atoms with Gasteiger partial charge in [-0.25, -0.2) is 9.50 Å². The molecular weight excluding hydrogens is 278 g/mol. The van der Waals surface area contributed by atoms with E-state index in [2.05, 4.69) is 9.97 Å². The molecule has 0 unspecified atom stereocenters. The van der Waals surface area contributed by atoms with E-state index in [1.54, 1.807) is 18.5 Å². The Morgan fingerprint density at radius 1 is 1.24 bits per heavy atom. The largest absolute Gasteiger partial charge is 0.381 e. The number of alkyl halides is 2. The summed E-state index contributed by atoms with van der Waals surface area (Å²) < 4.78 is 36.5. The van der Waals surface area contributed by atoms with Gasteiger partial charge in [-0.15, -0.1) is 0 Å². The standard InChI is InChI=1S/C14H16F2N4O/c1-3-21-9-8-14(15,16)12-18-13-17-10-6-4-5-7-11(10)20(13)19(12)2/h4-7H,3,8-9H2,1-2H3. The van der Waals surface area contributed by atoms with E-state index in [1.807, 2.05) is 24.3 Å². The van der Waals surface area contributed by atoms with Gasteiger partial charge in [0, 0.05) is 20.1 Å². The summed E-state index contributed by atoms with van der Waals surface area (Å²) in [6, 6.07) is 7.36. The lowest BCUT2D eigenvalue weighted by atomic mass is 10.2. The molecule has 2 heterocycles. The lowest BCUT2D eigenvalue weighted by Gasteiger charge is -2.15. The van der Waals surface area contributed by atoms with Crippen LogP contribution in [0.4, 0.5) is 8.78 Å². The molecule has 0 atom stereocenters. The highest BCUT2D eigenvalue weighted by molar-refractivity contribution is 5.78. The first-order chi connectivity index (χ1) is 10.0. The number of benzene rings is 1. The van der Waals surface area contributed by atoms with E-state index in [9.17, 15) is 8.78 Å². The van der Waals surface area contributed by atoms with E-state index in [0.29, 0.717) is 6.61 Å². The number of ether oxygens (including phenoxy) is 1. The molecular formula is C14H16F2N4O. The van der Waals surface area contributed by atoms with Gasteiger partial charge in [-0.1, -0.05) is 12.1 Å². The summed E-state index contributed by atoms with van der Waals surface area (Å²) in [6.07, 6.45) is -0.396. The minimum absolute atomic E-state index is 0.000572. The van der Waals surface area contributed by atoms with E-state index >= 15 is 0 Å².